The molecular formula is C18H25NO2. The first-order valence-electron chi connectivity index (χ1n) is 8.06. The Balaban J connectivity index is 1.92. The van der Waals surface area contributed by atoms with E-state index in [-0.39, 0.29) is 17.6 Å². The molecule has 1 aromatic carbocycles. The van der Waals surface area contributed by atoms with Crippen molar-refractivity contribution >= 4 is 11.7 Å². The number of amides is 1. The van der Waals surface area contributed by atoms with Gasteiger partial charge in [0.05, 0.1) is 0 Å². The van der Waals surface area contributed by atoms with Gasteiger partial charge in [0.15, 0.2) is 0 Å². The first kappa shape index (κ1) is 15.7. The van der Waals surface area contributed by atoms with E-state index in [4.69, 9.17) is 0 Å². The standard InChI is InChI=1S/C18H25NO2/c1-2-3-4-8-11-16(20)17-15(13-19-18(17)21)12-14-9-6-5-7-10-14/h5-7,9-10,15,17H,2-4,8,11-13H2,1H3,(H,19,21)/t15?,17-/m1/s1. The van der Waals surface area contributed by atoms with E-state index in [1.807, 2.05) is 18.2 Å². The van der Waals surface area contributed by atoms with Crippen molar-refractivity contribution in [3.63, 3.8) is 0 Å². The van der Waals surface area contributed by atoms with Crippen LogP contribution in [-0.4, -0.2) is 18.2 Å². The van der Waals surface area contributed by atoms with Gasteiger partial charge in [0.1, 0.15) is 11.7 Å². The summed E-state index contributed by atoms with van der Waals surface area (Å²) >= 11 is 0. The Morgan fingerprint density at radius 1 is 1.19 bits per heavy atom. The Bertz CT molecular complexity index is 469. The van der Waals surface area contributed by atoms with Crippen molar-refractivity contribution in [3.8, 4) is 0 Å². The van der Waals surface area contributed by atoms with Crippen LogP contribution >= 0.6 is 0 Å². The van der Waals surface area contributed by atoms with Gasteiger partial charge in [0.25, 0.3) is 0 Å². The molecule has 0 bridgehead atoms. The fourth-order valence-electron chi connectivity index (χ4n) is 3.07. The minimum Gasteiger partial charge on any atom is -0.355 e. The van der Waals surface area contributed by atoms with E-state index in [0.29, 0.717) is 13.0 Å². The second kappa shape index (κ2) is 7.96. The van der Waals surface area contributed by atoms with E-state index in [0.717, 1.165) is 32.1 Å². The Kier molecular flexibility index (Phi) is 5.97. The normalized spacial score (nSPS) is 21.3. The van der Waals surface area contributed by atoms with E-state index in [1.54, 1.807) is 0 Å². The number of carbonyl (C=O) groups excluding carboxylic acids is 2. The fraction of sp³-hybridized carbons (Fsp3) is 0.556. The highest BCUT2D eigenvalue weighted by Crippen LogP contribution is 2.25. The SMILES string of the molecule is CCCCCCC(=O)[C@@H]1C(=O)NCC1Cc1ccccc1. The highest BCUT2D eigenvalue weighted by atomic mass is 16.2. The zero-order valence-corrected chi connectivity index (χ0v) is 12.8. The zero-order valence-electron chi connectivity index (χ0n) is 12.8. The molecule has 21 heavy (non-hydrogen) atoms. The lowest BCUT2D eigenvalue weighted by Gasteiger charge is -2.15. The molecule has 1 amide bonds. The third kappa shape index (κ3) is 4.42. The van der Waals surface area contributed by atoms with Crippen LogP contribution < -0.4 is 5.32 Å². The number of rotatable bonds is 8. The van der Waals surface area contributed by atoms with Crippen molar-refractivity contribution in [1.82, 2.24) is 5.32 Å². The van der Waals surface area contributed by atoms with Gasteiger partial charge in [-0.2, -0.15) is 0 Å². The maximum absolute atomic E-state index is 12.4. The van der Waals surface area contributed by atoms with Crippen molar-refractivity contribution in [3.05, 3.63) is 35.9 Å². The van der Waals surface area contributed by atoms with Crippen molar-refractivity contribution in [2.45, 2.75) is 45.4 Å². The van der Waals surface area contributed by atoms with Crippen molar-refractivity contribution < 1.29 is 9.59 Å². The van der Waals surface area contributed by atoms with Crippen LogP contribution in [-0.2, 0) is 16.0 Å². The van der Waals surface area contributed by atoms with E-state index < -0.39 is 5.92 Å². The van der Waals surface area contributed by atoms with Gasteiger partial charge in [0, 0.05) is 13.0 Å². The predicted octanol–water partition coefficient (Wildman–Crippen LogP) is 3.13. The van der Waals surface area contributed by atoms with Gasteiger partial charge in [-0.15, -0.1) is 0 Å². The van der Waals surface area contributed by atoms with Crippen LogP contribution in [0.5, 0.6) is 0 Å². The number of ketones is 1. The van der Waals surface area contributed by atoms with Gasteiger partial charge in [-0.1, -0.05) is 56.5 Å². The van der Waals surface area contributed by atoms with Crippen LogP contribution in [0.25, 0.3) is 0 Å². The van der Waals surface area contributed by atoms with Crippen LogP contribution in [0.3, 0.4) is 0 Å². The van der Waals surface area contributed by atoms with Crippen LogP contribution in [0.1, 0.15) is 44.6 Å². The van der Waals surface area contributed by atoms with E-state index in [1.165, 1.54) is 5.56 Å². The molecule has 1 unspecified atom stereocenters. The topological polar surface area (TPSA) is 46.2 Å². The number of nitrogens with one attached hydrogen (secondary N) is 1. The maximum atomic E-state index is 12.4. The Labute approximate surface area is 127 Å². The number of unbranched alkanes of at least 4 members (excludes halogenated alkanes) is 3. The lowest BCUT2D eigenvalue weighted by Crippen LogP contribution is -2.28. The summed E-state index contributed by atoms with van der Waals surface area (Å²) in [6.07, 6.45) is 5.66. The number of benzene rings is 1. The fourth-order valence-corrected chi connectivity index (χ4v) is 3.07. The molecule has 0 spiro atoms. The molecule has 1 aliphatic heterocycles. The quantitative estimate of drug-likeness (QED) is 0.590. The summed E-state index contributed by atoms with van der Waals surface area (Å²) in [5.74, 6) is -0.274. The van der Waals surface area contributed by atoms with Gasteiger partial charge in [-0.3, -0.25) is 9.59 Å². The minimum atomic E-state index is -0.438. The molecular weight excluding hydrogens is 262 g/mol. The smallest absolute Gasteiger partial charge is 0.230 e. The van der Waals surface area contributed by atoms with Gasteiger partial charge < -0.3 is 5.32 Å². The maximum Gasteiger partial charge on any atom is 0.230 e. The predicted molar refractivity (Wildman–Crippen MR) is 83.9 cm³/mol. The third-order valence-corrected chi connectivity index (χ3v) is 4.26. The molecule has 0 aromatic heterocycles. The molecule has 3 nitrogen and oxygen atoms in total. The summed E-state index contributed by atoms with van der Waals surface area (Å²) in [6, 6.07) is 10.1. The number of hydrogen-bond acceptors (Lipinski definition) is 2. The Morgan fingerprint density at radius 3 is 2.67 bits per heavy atom. The zero-order chi connectivity index (χ0) is 15.1. The molecule has 0 saturated carbocycles. The number of Topliss-reactive ketones (excluding diaryl/α,β-unsaturated/α-hetero) is 1. The van der Waals surface area contributed by atoms with Crippen molar-refractivity contribution in [1.29, 1.82) is 0 Å². The molecule has 1 N–H and O–H groups in total. The summed E-state index contributed by atoms with van der Waals surface area (Å²) in [5.41, 5.74) is 1.20. The lowest BCUT2D eigenvalue weighted by atomic mass is 9.85. The second-order valence-electron chi connectivity index (χ2n) is 5.95. The van der Waals surface area contributed by atoms with Crippen LogP contribution in [0, 0.1) is 11.8 Å². The molecule has 114 valence electrons. The van der Waals surface area contributed by atoms with Gasteiger partial charge in [-0.25, -0.2) is 0 Å². The molecule has 0 radical (unpaired) electrons. The van der Waals surface area contributed by atoms with Crippen LogP contribution in [0.2, 0.25) is 0 Å². The highest BCUT2D eigenvalue weighted by Gasteiger charge is 2.39. The van der Waals surface area contributed by atoms with Gasteiger partial charge >= 0.3 is 0 Å². The number of carbonyl (C=O) groups is 2. The molecule has 1 heterocycles. The van der Waals surface area contributed by atoms with Gasteiger partial charge in [0.2, 0.25) is 5.91 Å². The summed E-state index contributed by atoms with van der Waals surface area (Å²) in [6.45, 7) is 2.78. The van der Waals surface area contributed by atoms with Crippen LogP contribution in [0.4, 0.5) is 0 Å². The summed E-state index contributed by atoms with van der Waals surface area (Å²) in [5, 5.41) is 2.86. The molecule has 1 aliphatic rings. The van der Waals surface area contributed by atoms with E-state index >= 15 is 0 Å². The average molecular weight is 287 g/mol. The minimum absolute atomic E-state index is 0.0728. The molecule has 1 fully saturated rings. The summed E-state index contributed by atoms with van der Waals surface area (Å²) in [4.78, 5) is 24.3. The molecule has 2 rings (SSSR count). The molecule has 1 saturated heterocycles. The largest absolute Gasteiger partial charge is 0.355 e. The van der Waals surface area contributed by atoms with Crippen molar-refractivity contribution in [2.24, 2.45) is 11.8 Å². The third-order valence-electron chi connectivity index (χ3n) is 4.26. The Hall–Kier alpha value is -1.64. The lowest BCUT2D eigenvalue weighted by molar-refractivity contribution is -0.133. The average Bonchev–Trinajstić information content (AvgIpc) is 2.85. The molecule has 1 aromatic rings. The number of hydrogen-bond donors (Lipinski definition) is 1. The Morgan fingerprint density at radius 2 is 1.95 bits per heavy atom. The first-order chi connectivity index (χ1) is 10.2. The molecule has 2 atom stereocenters. The van der Waals surface area contributed by atoms with Crippen molar-refractivity contribution in [2.75, 3.05) is 6.54 Å². The highest BCUT2D eigenvalue weighted by molar-refractivity contribution is 6.03. The van der Waals surface area contributed by atoms with E-state index in [2.05, 4.69) is 24.4 Å². The second-order valence-corrected chi connectivity index (χ2v) is 5.95. The molecule has 0 aliphatic carbocycles. The van der Waals surface area contributed by atoms with Gasteiger partial charge in [-0.05, 0) is 24.3 Å². The van der Waals surface area contributed by atoms with Crippen LogP contribution in [0.15, 0.2) is 30.3 Å². The summed E-state index contributed by atoms with van der Waals surface area (Å²) < 4.78 is 0. The first-order valence-corrected chi connectivity index (χ1v) is 8.06. The molecule has 3 heteroatoms. The van der Waals surface area contributed by atoms with E-state index in [9.17, 15) is 9.59 Å². The summed E-state index contributed by atoms with van der Waals surface area (Å²) in [7, 11) is 0. The monoisotopic (exact) mass is 287 g/mol.